The number of carbonyl (C=O) groups excluding carboxylic acids is 2. The molecular formula is C13H12N2O2S. The van der Waals surface area contributed by atoms with E-state index >= 15 is 0 Å². The Bertz CT molecular complexity index is 617. The van der Waals surface area contributed by atoms with Gasteiger partial charge in [-0.3, -0.25) is 9.59 Å². The summed E-state index contributed by atoms with van der Waals surface area (Å²) in [5, 5.41) is 0.284. The Morgan fingerprint density at radius 1 is 1.17 bits per heavy atom. The summed E-state index contributed by atoms with van der Waals surface area (Å²) in [5.41, 5.74) is 12.7. The Kier molecular flexibility index (Phi) is 3.16. The molecule has 2 aromatic rings. The topological polar surface area (TPSA) is 86.2 Å². The summed E-state index contributed by atoms with van der Waals surface area (Å²) in [6.45, 7) is 1.45. The van der Waals surface area contributed by atoms with Gasteiger partial charge in [0.2, 0.25) is 0 Å². The fraction of sp³-hybridized carbons (Fsp3) is 0.0769. The van der Waals surface area contributed by atoms with Crippen molar-refractivity contribution in [2.75, 3.05) is 5.73 Å². The van der Waals surface area contributed by atoms with Crippen LogP contribution in [0.15, 0.2) is 30.3 Å². The molecule has 0 saturated heterocycles. The highest BCUT2D eigenvalue weighted by molar-refractivity contribution is 7.18. The zero-order valence-corrected chi connectivity index (χ0v) is 10.6. The van der Waals surface area contributed by atoms with E-state index in [9.17, 15) is 9.59 Å². The molecule has 2 rings (SSSR count). The Balaban J connectivity index is 2.78. The van der Waals surface area contributed by atoms with Gasteiger partial charge in [-0.05, 0) is 12.5 Å². The van der Waals surface area contributed by atoms with Crippen LogP contribution in [-0.2, 0) is 0 Å². The van der Waals surface area contributed by atoms with Crippen molar-refractivity contribution in [2.45, 2.75) is 6.92 Å². The predicted octanol–water partition coefficient (Wildman–Crippen LogP) is 2.30. The van der Waals surface area contributed by atoms with Gasteiger partial charge in [-0.1, -0.05) is 30.3 Å². The van der Waals surface area contributed by atoms with Crippen molar-refractivity contribution < 1.29 is 9.59 Å². The van der Waals surface area contributed by atoms with E-state index in [1.54, 1.807) is 0 Å². The lowest BCUT2D eigenvalue weighted by atomic mass is 9.99. The molecule has 0 aliphatic carbocycles. The summed E-state index contributed by atoms with van der Waals surface area (Å²) in [6, 6.07) is 9.16. The van der Waals surface area contributed by atoms with E-state index in [4.69, 9.17) is 11.5 Å². The minimum absolute atomic E-state index is 0.127. The van der Waals surface area contributed by atoms with Gasteiger partial charge in [-0.25, -0.2) is 0 Å². The molecule has 0 radical (unpaired) electrons. The van der Waals surface area contributed by atoms with E-state index in [2.05, 4.69) is 0 Å². The number of nitrogen functional groups attached to an aromatic ring is 1. The number of hydrogen-bond acceptors (Lipinski definition) is 4. The van der Waals surface area contributed by atoms with Gasteiger partial charge >= 0.3 is 0 Å². The van der Waals surface area contributed by atoms with Crippen molar-refractivity contribution >= 4 is 28.0 Å². The number of Topliss-reactive ketones (excluding diaryl/α,β-unsaturated/α-hetero) is 1. The first kappa shape index (κ1) is 12.3. The predicted molar refractivity (Wildman–Crippen MR) is 72.7 cm³/mol. The number of carbonyl (C=O) groups is 2. The second kappa shape index (κ2) is 4.62. The number of amides is 1. The lowest BCUT2D eigenvalue weighted by Crippen LogP contribution is -2.13. The number of rotatable bonds is 3. The zero-order chi connectivity index (χ0) is 13.3. The van der Waals surface area contributed by atoms with Crippen molar-refractivity contribution in [3.63, 3.8) is 0 Å². The summed E-state index contributed by atoms with van der Waals surface area (Å²) >= 11 is 1.10. The SMILES string of the molecule is CC(=O)c1sc(N)c(C(N)=O)c1-c1ccccc1. The van der Waals surface area contributed by atoms with Crippen molar-refractivity contribution in [3.8, 4) is 11.1 Å². The van der Waals surface area contributed by atoms with Crippen LogP contribution in [0.1, 0.15) is 27.0 Å². The van der Waals surface area contributed by atoms with Gasteiger partial charge < -0.3 is 11.5 Å². The Hall–Kier alpha value is -2.14. The van der Waals surface area contributed by atoms with Gasteiger partial charge in [0.05, 0.1) is 15.4 Å². The quantitative estimate of drug-likeness (QED) is 0.830. The molecule has 0 aliphatic heterocycles. The monoisotopic (exact) mass is 260 g/mol. The van der Waals surface area contributed by atoms with Gasteiger partial charge in [-0.2, -0.15) is 0 Å². The molecule has 0 fully saturated rings. The van der Waals surface area contributed by atoms with Crippen molar-refractivity contribution in [2.24, 2.45) is 5.73 Å². The number of benzene rings is 1. The molecule has 0 atom stereocenters. The van der Waals surface area contributed by atoms with E-state index < -0.39 is 5.91 Å². The van der Waals surface area contributed by atoms with Gasteiger partial charge in [-0.15, -0.1) is 11.3 Å². The van der Waals surface area contributed by atoms with Crippen LogP contribution in [0.2, 0.25) is 0 Å². The van der Waals surface area contributed by atoms with Crippen molar-refractivity contribution in [3.05, 3.63) is 40.8 Å². The van der Waals surface area contributed by atoms with E-state index in [1.807, 2.05) is 30.3 Å². The second-order valence-electron chi connectivity index (χ2n) is 3.83. The number of anilines is 1. The summed E-state index contributed by atoms with van der Waals surface area (Å²) in [7, 11) is 0. The highest BCUT2D eigenvalue weighted by atomic mass is 32.1. The highest BCUT2D eigenvalue weighted by Gasteiger charge is 2.23. The number of thiophene rings is 1. The summed E-state index contributed by atoms with van der Waals surface area (Å²) in [6.07, 6.45) is 0. The molecule has 4 nitrogen and oxygen atoms in total. The first-order valence-corrected chi connectivity index (χ1v) is 6.12. The summed E-state index contributed by atoms with van der Waals surface area (Å²) in [5.74, 6) is -0.742. The Morgan fingerprint density at radius 2 is 1.78 bits per heavy atom. The molecular weight excluding hydrogens is 248 g/mol. The van der Waals surface area contributed by atoms with Crippen LogP contribution in [0.5, 0.6) is 0 Å². The number of primary amides is 1. The summed E-state index contributed by atoms with van der Waals surface area (Å²) < 4.78 is 0. The Labute approximate surface area is 108 Å². The molecule has 1 aromatic heterocycles. The van der Waals surface area contributed by atoms with Crippen molar-refractivity contribution in [1.82, 2.24) is 0 Å². The van der Waals surface area contributed by atoms with Crippen LogP contribution >= 0.6 is 11.3 Å². The zero-order valence-electron chi connectivity index (χ0n) is 9.77. The van der Waals surface area contributed by atoms with Gasteiger partial charge in [0.1, 0.15) is 0 Å². The number of ketones is 1. The van der Waals surface area contributed by atoms with Gasteiger partial charge in [0.15, 0.2) is 5.78 Å². The standard InChI is InChI=1S/C13H12N2O2S/c1-7(16)11-9(8-5-3-2-4-6-8)10(12(14)17)13(15)18-11/h2-6H,15H2,1H3,(H2,14,17). The molecule has 0 bridgehead atoms. The second-order valence-corrected chi connectivity index (χ2v) is 4.88. The third kappa shape index (κ3) is 2.00. The molecule has 0 saturated carbocycles. The van der Waals surface area contributed by atoms with Gasteiger partial charge in [0.25, 0.3) is 5.91 Å². The molecule has 1 heterocycles. The smallest absolute Gasteiger partial charge is 0.252 e. The third-order valence-corrected chi connectivity index (χ3v) is 3.68. The molecule has 1 amide bonds. The fourth-order valence-electron chi connectivity index (χ4n) is 1.82. The first-order valence-electron chi connectivity index (χ1n) is 5.30. The van der Waals surface area contributed by atoms with Crippen LogP contribution in [0, 0.1) is 0 Å². The fourth-order valence-corrected chi connectivity index (χ4v) is 2.81. The summed E-state index contributed by atoms with van der Waals surface area (Å²) in [4.78, 5) is 23.6. The molecule has 0 aliphatic rings. The molecule has 4 N–H and O–H groups in total. The van der Waals surface area contributed by atoms with Crippen LogP contribution in [-0.4, -0.2) is 11.7 Å². The molecule has 1 aromatic carbocycles. The highest BCUT2D eigenvalue weighted by Crippen LogP contribution is 2.38. The van der Waals surface area contributed by atoms with E-state index in [0.717, 1.165) is 16.9 Å². The van der Waals surface area contributed by atoms with E-state index in [0.29, 0.717) is 10.4 Å². The molecule has 5 heteroatoms. The number of nitrogens with two attached hydrogens (primary N) is 2. The minimum atomic E-state index is -0.616. The van der Waals surface area contributed by atoms with Gasteiger partial charge in [0, 0.05) is 5.56 Å². The average Bonchev–Trinajstić information content (AvgIpc) is 2.68. The van der Waals surface area contributed by atoms with E-state index in [-0.39, 0.29) is 16.3 Å². The maximum Gasteiger partial charge on any atom is 0.252 e. The van der Waals surface area contributed by atoms with Crippen LogP contribution in [0.3, 0.4) is 0 Å². The lowest BCUT2D eigenvalue weighted by Gasteiger charge is -2.04. The molecule has 18 heavy (non-hydrogen) atoms. The molecule has 92 valence electrons. The minimum Gasteiger partial charge on any atom is -0.390 e. The van der Waals surface area contributed by atoms with Crippen LogP contribution < -0.4 is 11.5 Å². The van der Waals surface area contributed by atoms with Crippen LogP contribution in [0.25, 0.3) is 11.1 Å². The Morgan fingerprint density at radius 3 is 2.28 bits per heavy atom. The molecule has 0 spiro atoms. The van der Waals surface area contributed by atoms with Crippen LogP contribution in [0.4, 0.5) is 5.00 Å². The lowest BCUT2D eigenvalue weighted by molar-refractivity contribution is 0.100. The largest absolute Gasteiger partial charge is 0.390 e. The normalized spacial score (nSPS) is 10.3. The number of hydrogen-bond donors (Lipinski definition) is 2. The maximum atomic E-state index is 11.6. The van der Waals surface area contributed by atoms with E-state index in [1.165, 1.54) is 6.92 Å². The first-order chi connectivity index (χ1) is 8.52. The molecule has 0 unspecified atom stereocenters. The van der Waals surface area contributed by atoms with Crippen molar-refractivity contribution in [1.29, 1.82) is 0 Å². The average molecular weight is 260 g/mol. The maximum absolute atomic E-state index is 11.6. The third-order valence-electron chi connectivity index (χ3n) is 2.56.